The van der Waals surface area contributed by atoms with E-state index in [0.717, 1.165) is 12.1 Å². The average Bonchev–Trinajstić information content (AvgIpc) is 2.45. The Bertz CT molecular complexity index is 669. The number of carbonyl (C=O) groups is 1. The second-order valence-corrected chi connectivity index (χ2v) is 4.77. The molecule has 0 aliphatic rings. The Morgan fingerprint density at radius 1 is 1.14 bits per heavy atom. The molecule has 2 aromatic rings. The molecule has 0 aliphatic carbocycles. The zero-order valence-electron chi connectivity index (χ0n) is 10.5. The summed E-state index contributed by atoms with van der Waals surface area (Å²) in [7, 11) is 0. The first-order valence-electron chi connectivity index (χ1n) is 5.79. The third-order valence-corrected chi connectivity index (χ3v) is 3.37. The molecule has 0 saturated carbocycles. The van der Waals surface area contributed by atoms with E-state index in [9.17, 15) is 18.0 Å². The van der Waals surface area contributed by atoms with Crippen LogP contribution in [0.1, 0.15) is 21.6 Å². The third kappa shape index (κ3) is 3.41. The van der Waals surface area contributed by atoms with Gasteiger partial charge in [0.15, 0.2) is 0 Å². The summed E-state index contributed by atoms with van der Waals surface area (Å²) in [6, 6.07) is 7.41. The van der Waals surface area contributed by atoms with Crippen molar-refractivity contribution in [2.45, 2.75) is 11.5 Å². The van der Waals surface area contributed by atoms with E-state index in [4.69, 9.17) is 5.11 Å². The molecule has 3 nitrogen and oxygen atoms in total. The number of carboxylic acid groups (broad SMARTS) is 1. The van der Waals surface area contributed by atoms with E-state index >= 15 is 0 Å². The first-order valence-corrected chi connectivity index (χ1v) is 6.92. The number of halogens is 4. The summed E-state index contributed by atoms with van der Waals surface area (Å²) in [6.45, 7) is 0. The molecule has 7 heteroatoms. The van der Waals surface area contributed by atoms with Crippen molar-refractivity contribution in [3.63, 3.8) is 0 Å². The minimum atomic E-state index is -4.39. The number of aromatic nitrogens is 1. The molecule has 0 radical (unpaired) electrons. The molecule has 1 aromatic heterocycles. The van der Waals surface area contributed by atoms with Gasteiger partial charge in [-0.25, -0.2) is 4.79 Å². The molecular formula is C14H9BrF3NO2. The van der Waals surface area contributed by atoms with Crippen LogP contribution < -0.4 is 0 Å². The van der Waals surface area contributed by atoms with E-state index in [2.05, 4.69) is 20.9 Å². The summed E-state index contributed by atoms with van der Waals surface area (Å²) in [5.74, 6) is -1.10. The Morgan fingerprint density at radius 3 is 2.24 bits per heavy atom. The van der Waals surface area contributed by atoms with Gasteiger partial charge in [0.1, 0.15) is 0 Å². The van der Waals surface area contributed by atoms with Crippen molar-refractivity contribution in [1.82, 2.24) is 4.98 Å². The van der Waals surface area contributed by atoms with Crippen LogP contribution in [0, 0.1) is 0 Å². The molecule has 0 fully saturated rings. The van der Waals surface area contributed by atoms with Crippen molar-refractivity contribution in [3.05, 3.63) is 53.2 Å². The van der Waals surface area contributed by atoms with Crippen LogP contribution in [0.15, 0.2) is 36.4 Å². The number of alkyl halides is 4. The van der Waals surface area contributed by atoms with Crippen LogP contribution in [0.4, 0.5) is 13.2 Å². The highest BCUT2D eigenvalue weighted by atomic mass is 79.9. The largest absolute Gasteiger partial charge is 0.478 e. The van der Waals surface area contributed by atoms with Crippen LogP contribution in [-0.2, 0) is 11.5 Å². The van der Waals surface area contributed by atoms with Crippen molar-refractivity contribution < 1.29 is 23.1 Å². The number of hydrogen-bond donors (Lipinski definition) is 1. The molecule has 2 rings (SSSR count). The number of carboxylic acids is 1. The lowest BCUT2D eigenvalue weighted by Crippen LogP contribution is -2.05. The summed E-state index contributed by atoms with van der Waals surface area (Å²) < 4.78 is 37.5. The average molecular weight is 360 g/mol. The van der Waals surface area contributed by atoms with Gasteiger partial charge in [0.2, 0.25) is 0 Å². The van der Waals surface area contributed by atoms with E-state index in [0.29, 0.717) is 17.0 Å². The Hall–Kier alpha value is -1.89. The lowest BCUT2D eigenvalue weighted by molar-refractivity contribution is -0.137. The normalized spacial score (nSPS) is 11.4. The van der Waals surface area contributed by atoms with Crippen molar-refractivity contribution in [1.29, 1.82) is 0 Å². The molecule has 21 heavy (non-hydrogen) atoms. The minimum Gasteiger partial charge on any atom is -0.478 e. The summed E-state index contributed by atoms with van der Waals surface area (Å²) in [5.41, 5.74) is 0.543. The Labute approximate surface area is 126 Å². The lowest BCUT2D eigenvalue weighted by Gasteiger charge is -2.09. The zero-order chi connectivity index (χ0) is 15.6. The third-order valence-electron chi connectivity index (χ3n) is 2.84. The quantitative estimate of drug-likeness (QED) is 0.828. The fourth-order valence-corrected chi connectivity index (χ4v) is 2.22. The maximum atomic E-state index is 12.5. The number of benzene rings is 1. The highest BCUT2D eigenvalue weighted by Gasteiger charge is 2.30. The van der Waals surface area contributed by atoms with Crippen LogP contribution in [0.2, 0.25) is 0 Å². The maximum Gasteiger partial charge on any atom is 0.416 e. The molecule has 1 heterocycles. The molecule has 1 N–H and O–H groups in total. The van der Waals surface area contributed by atoms with E-state index in [-0.39, 0.29) is 10.9 Å². The smallest absolute Gasteiger partial charge is 0.416 e. The Morgan fingerprint density at radius 2 is 1.76 bits per heavy atom. The van der Waals surface area contributed by atoms with Gasteiger partial charge in [-0.1, -0.05) is 28.1 Å². The summed E-state index contributed by atoms with van der Waals surface area (Å²) in [5, 5.41) is 9.24. The van der Waals surface area contributed by atoms with Crippen LogP contribution >= 0.6 is 15.9 Å². The van der Waals surface area contributed by atoms with E-state index in [1.165, 1.54) is 24.3 Å². The predicted octanol–water partition coefficient (Wildman–Crippen LogP) is 4.36. The highest BCUT2D eigenvalue weighted by molar-refractivity contribution is 9.08. The summed E-state index contributed by atoms with van der Waals surface area (Å²) in [4.78, 5) is 15.2. The van der Waals surface area contributed by atoms with E-state index in [1.807, 2.05) is 0 Å². The van der Waals surface area contributed by atoms with Gasteiger partial charge in [-0.15, -0.1) is 0 Å². The molecule has 0 atom stereocenters. The van der Waals surface area contributed by atoms with Crippen LogP contribution in [-0.4, -0.2) is 16.1 Å². The minimum absolute atomic E-state index is 0.0579. The second kappa shape index (κ2) is 5.85. The molecule has 1 aromatic carbocycles. The second-order valence-electron chi connectivity index (χ2n) is 4.20. The van der Waals surface area contributed by atoms with Gasteiger partial charge in [0, 0.05) is 10.9 Å². The number of hydrogen-bond acceptors (Lipinski definition) is 2. The predicted molar refractivity (Wildman–Crippen MR) is 74.3 cm³/mol. The molecule has 0 unspecified atom stereocenters. The fourth-order valence-electron chi connectivity index (χ4n) is 1.79. The van der Waals surface area contributed by atoms with Gasteiger partial charge >= 0.3 is 12.1 Å². The van der Waals surface area contributed by atoms with Gasteiger partial charge in [-0.3, -0.25) is 4.98 Å². The molecule has 0 aliphatic heterocycles. The van der Waals surface area contributed by atoms with Crippen molar-refractivity contribution >= 4 is 21.9 Å². The highest BCUT2D eigenvalue weighted by Crippen LogP contribution is 2.30. The molecule has 0 amide bonds. The number of rotatable bonds is 3. The monoisotopic (exact) mass is 359 g/mol. The molecule has 0 bridgehead atoms. The topological polar surface area (TPSA) is 50.2 Å². The van der Waals surface area contributed by atoms with E-state index in [1.54, 1.807) is 0 Å². The van der Waals surface area contributed by atoms with Gasteiger partial charge in [-0.2, -0.15) is 13.2 Å². The Kier molecular flexibility index (Phi) is 4.32. The molecule has 0 saturated heterocycles. The first-order chi connectivity index (χ1) is 9.82. The Balaban J connectivity index is 2.41. The molecule has 110 valence electrons. The number of nitrogens with zero attached hydrogens (tertiary/aromatic N) is 1. The standard InChI is InChI=1S/C14H9BrF3NO2/c15-7-12-10(13(20)21)5-6-11(19-12)8-1-3-9(4-2-8)14(16,17)18/h1-6H,7H2,(H,20,21). The fraction of sp³-hybridized carbons (Fsp3) is 0.143. The van der Waals surface area contributed by atoms with Crippen molar-refractivity contribution in [2.24, 2.45) is 0 Å². The van der Waals surface area contributed by atoms with E-state index < -0.39 is 17.7 Å². The lowest BCUT2D eigenvalue weighted by atomic mass is 10.1. The SMILES string of the molecule is O=C(O)c1ccc(-c2ccc(C(F)(F)F)cc2)nc1CBr. The molecular weight excluding hydrogens is 351 g/mol. The van der Waals surface area contributed by atoms with Gasteiger partial charge < -0.3 is 5.11 Å². The summed E-state index contributed by atoms with van der Waals surface area (Å²) >= 11 is 3.15. The van der Waals surface area contributed by atoms with Crippen molar-refractivity contribution in [3.8, 4) is 11.3 Å². The van der Waals surface area contributed by atoms with Gasteiger partial charge in [-0.05, 0) is 24.3 Å². The zero-order valence-corrected chi connectivity index (χ0v) is 12.1. The van der Waals surface area contributed by atoms with Crippen LogP contribution in [0.5, 0.6) is 0 Å². The van der Waals surface area contributed by atoms with Crippen LogP contribution in [0.25, 0.3) is 11.3 Å². The summed E-state index contributed by atoms with van der Waals surface area (Å²) in [6.07, 6.45) is -4.39. The van der Waals surface area contributed by atoms with Crippen LogP contribution in [0.3, 0.4) is 0 Å². The number of aromatic carboxylic acids is 1. The van der Waals surface area contributed by atoms with Crippen molar-refractivity contribution in [2.75, 3.05) is 0 Å². The van der Waals surface area contributed by atoms with Gasteiger partial charge in [0.25, 0.3) is 0 Å². The van der Waals surface area contributed by atoms with Gasteiger partial charge in [0.05, 0.1) is 22.5 Å². The first kappa shape index (κ1) is 15.5. The number of pyridine rings is 1. The maximum absolute atomic E-state index is 12.5. The molecule has 0 spiro atoms.